The van der Waals surface area contributed by atoms with Crippen molar-refractivity contribution in [3.63, 3.8) is 0 Å². The van der Waals surface area contributed by atoms with Crippen molar-refractivity contribution in [2.24, 2.45) is 5.73 Å². The summed E-state index contributed by atoms with van der Waals surface area (Å²) in [6.07, 6.45) is 0. The van der Waals surface area contributed by atoms with Crippen molar-refractivity contribution in [1.29, 1.82) is 0 Å². The van der Waals surface area contributed by atoms with E-state index in [9.17, 15) is 18.7 Å². The summed E-state index contributed by atoms with van der Waals surface area (Å²) in [6, 6.07) is 10.3. The van der Waals surface area contributed by atoms with Crippen LogP contribution in [0, 0.1) is 5.82 Å². The smallest absolute Gasteiger partial charge is 0.249 e. The number of nitrogens with two attached hydrogens (primary N) is 1. The Bertz CT molecular complexity index is 658. The second-order valence-corrected chi connectivity index (χ2v) is 4.71. The molecule has 0 aliphatic rings. The minimum absolute atomic E-state index is 0.181. The Labute approximate surface area is 121 Å². The molecule has 1 amide bonds. The van der Waals surface area contributed by atoms with E-state index in [1.54, 1.807) is 18.2 Å². The highest BCUT2D eigenvalue weighted by molar-refractivity contribution is 5.94. The fourth-order valence-electron chi connectivity index (χ4n) is 2.36. The molecule has 0 radical (unpaired) electrons. The van der Waals surface area contributed by atoms with Crippen molar-refractivity contribution in [2.45, 2.75) is 12.6 Å². The average molecular weight is 291 g/mol. The van der Waals surface area contributed by atoms with Crippen LogP contribution in [0.4, 0.5) is 8.78 Å². The van der Waals surface area contributed by atoms with Gasteiger partial charge in [-0.1, -0.05) is 24.3 Å². The summed E-state index contributed by atoms with van der Waals surface area (Å²) in [5.74, 6) is -1.86. The number of carbonyl (C=O) groups excluding carboxylic acids is 1. The maximum Gasteiger partial charge on any atom is 0.249 e. The lowest BCUT2D eigenvalue weighted by molar-refractivity contribution is 0.0999. The van der Waals surface area contributed by atoms with Crippen LogP contribution in [0.25, 0.3) is 0 Å². The predicted octanol–water partition coefficient (Wildman–Crippen LogP) is 2.52. The molecular formula is C16H15F2NO2. The van der Waals surface area contributed by atoms with Crippen LogP contribution in [0.5, 0.6) is 0 Å². The number of aliphatic hydroxyl groups excluding tert-OH is 1. The zero-order valence-corrected chi connectivity index (χ0v) is 11.2. The van der Waals surface area contributed by atoms with Gasteiger partial charge in [-0.2, -0.15) is 0 Å². The zero-order chi connectivity index (χ0) is 15.4. The van der Waals surface area contributed by atoms with Gasteiger partial charge in [0.2, 0.25) is 5.91 Å². The van der Waals surface area contributed by atoms with Crippen LogP contribution in [0.15, 0.2) is 42.5 Å². The second kappa shape index (κ2) is 6.45. The number of rotatable bonds is 5. The Balaban J connectivity index is 2.55. The first-order valence-electron chi connectivity index (χ1n) is 6.41. The van der Waals surface area contributed by atoms with Crippen LogP contribution in [0.1, 0.15) is 33.0 Å². The molecule has 0 aromatic heterocycles. The number of aliphatic hydroxyl groups is 1. The fraction of sp³-hybridized carbons (Fsp3) is 0.188. The van der Waals surface area contributed by atoms with Crippen LogP contribution < -0.4 is 5.73 Å². The maximum absolute atomic E-state index is 13.5. The topological polar surface area (TPSA) is 63.3 Å². The molecule has 0 saturated carbocycles. The molecule has 1 atom stereocenters. The first-order valence-corrected chi connectivity index (χ1v) is 6.41. The molecular weight excluding hydrogens is 276 g/mol. The van der Waals surface area contributed by atoms with Gasteiger partial charge >= 0.3 is 0 Å². The summed E-state index contributed by atoms with van der Waals surface area (Å²) in [4.78, 5) is 11.5. The summed E-state index contributed by atoms with van der Waals surface area (Å²) in [5, 5.41) is 9.63. The number of benzene rings is 2. The van der Waals surface area contributed by atoms with E-state index >= 15 is 0 Å². The molecule has 0 bridgehead atoms. The number of amides is 1. The molecule has 2 rings (SSSR count). The molecule has 3 N–H and O–H groups in total. The SMILES string of the molecule is NC(=O)c1ccccc1[C@@H](CO)c1cc(F)cc(CF)c1. The molecule has 5 heteroatoms. The van der Waals surface area contributed by atoms with Gasteiger partial charge in [-0.25, -0.2) is 8.78 Å². The first-order chi connectivity index (χ1) is 10.1. The van der Waals surface area contributed by atoms with Gasteiger partial charge < -0.3 is 10.8 Å². The highest BCUT2D eigenvalue weighted by atomic mass is 19.1. The molecule has 0 heterocycles. The van der Waals surface area contributed by atoms with Gasteiger partial charge in [-0.3, -0.25) is 4.79 Å². The number of primary amides is 1. The summed E-state index contributed by atoms with van der Waals surface area (Å²) in [7, 11) is 0. The Morgan fingerprint density at radius 3 is 2.57 bits per heavy atom. The summed E-state index contributed by atoms with van der Waals surface area (Å²) in [5.41, 5.74) is 6.64. The van der Waals surface area contributed by atoms with Gasteiger partial charge in [-0.05, 0) is 34.9 Å². The van der Waals surface area contributed by atoms with Crippen molar-refractivity contribution >= 4 is 5.91 Å². The molecule has 3 nitrogen and oxygen atoms in total. The minimum atomic E-state index is -0.805. The van der Waals surface area contributed by atoms with E-state index in [0.29, 0.717) is 11.1 Å². The molecule has 0 unspecified atom stereocenters. The van der Waals surface area contributed by atoms with Crippen molar-refractivity contribution in [3.05, 3.63) is 70.5 Å². The number of halogens is 2. The van der Waals surface area contributed by atoms with Crippen LogP contribution in [0.2, 0.25) is 0 Å². The molecule has 0 saturated heterocycles. The molecule has 0 aliphatic carbocycles. The molecule has 110 valence electrons. The number of hydrogen-bond donors (Lipinski definition) is 2. The molecule has 21 heavy (non-hydrogen) atoms. The fourth-order valence-corrected chi connectivity index (χ4v) is 2.36. The normalized spacial score (nSPS) is 12.1. The lowest BCUT2D eigenvalue weighted by Crippen LogP contribution is -2.17. The Morgan fingerprint density at radius 1 is 1.24 bits per heavy atom. The third-order valence-corrected chi connectivity index (χ3v) is 3.32. The predicted molar refractivity (Wildman–Crippen MR) is 75.1 cm³/mol. The Hall–Kier alpha value is -2.27. The molecule has 2 aromatic rings. The Morgan fingerprint density at radius 2 is 1.95 bits per heavy atom. The first kappa shape index (κ1) is 15.1. The molecule has 0 spiro atoms. The number of hydrogen-bond acceptors (Lipinski definition) is 2. The molecule has 0 fully saturated rings. The monoisotopic (exact) mass is 291 g/mol. The van der Waals surface area contributed by atoms with E-state index < -0.39 is 24.3 Å². The van der Waals surface area contributed by atoms with E-state index in [1.807, 2.05) is 0 Å². The molecule has 0 aliphatic heterocycles. The van der Waals surface area contributed by atoms with E-state index in [2.05, 4.69) is 0 Å². The summed E-state index contributed by atoms with van der Waals surface area (Å²) in [6.45, 7) is -1.15. The maximum atomic E-state index is 13.5. The third kappa shape index (κ3) is 3.25. The summed E-state index contributed by atoms with van der Waals surface area (Å²) < 4.78 is 26.3. The average Bonchev–Trinajstić information content (AvgIpc) is 2.47. The van der Waals surface area contributed by atoms with E-state index in [0.717, 1.165) is 6.07 Å². The van der Waals surface area contributed by atoms with Crippen LogP contribution in [0.3, 0.4) is 0 Å². The standard InChI is InChI=1S/C16H15F2NO2/c17-8-10-5-11(7-12(18)6-10)15(9-20)13-3-1-2-4-14(13)16(19)21/h1-7,15,20H,8-9H2,(H2,19,21)/t15-/m0/s1. The summed E-state index contributed by atoms with van der Waals surface area (Å²) >= 11 is 0. The van der Waals surface area contributed by atoms with Gasteiger partial charge in [0.1, 0.15) is 12.5 Å². The largest absolute Gasteiger partial charge is 0.395 e. The minimum Gasteiger partial charge on any atom is -0.395 e. The second-order valence-electron chi connectivity index (χ2n) is 4.71. The van der Waals surface area contributed by atoms with Crippen LogP contribution in [-0.4, -0.2) is 17.6 Å². The Kier molecular flexibility index (Phi) is 4.65. The van der Waals surface area contributed by atoms with Crippen molar-refractivity contribution < 1.29 is 18.7 Å². The lowest BCUT2D eigenvalue weighted by Gasteiger charge is -2.18. The third-order valence-electron chi connectivity index (χ3n) is 3.32. The highest BCUT2D eigenvalue weighted by Gasteiger charge is 2.20. The highest BCUT2D eigenvalue weighted by Crippen LogP contribution is 2.28. The van der Waals surface area contributed by atoms with E-state index in [4.69, 9.17) is 5.73 Å². The van der Waals surface area contributed by atoms with Gasteiger partial charge in [-0.15, -0.1) is 0 Å². The lowest BCUT2D eigenvalue weighted by atomic mass is 9.87. The van der Waals surface area contributed by atoms with E-state index in [1.165, 1.54) is 18.2 Å². The quantitative estimate of drug-likeness (QED) is 0.889. The molecule has 2 aromatic carbocycles. The van der Waals surface area contributed by atoms with Crippen LogP contribution >= 0.6 is 0 Å². The van der Waals surface area contributed by atoms with Crippen molar-refractivity contribution in [1.82, 2.24) is 0 Å². The number of alkyl halides is 1. The van der Waals surface area contributed by atoms with Gasteiger partial charge in [0.25, 0.3) is 0 Å². The van der Waals surface area contributed by atoms with Crippen molar-refractivity contribution in [3.8, 4) is 0 Å². The number of carbonyl (C=O) groups is 1. The van der Waals surface area contributed by atoms with Gasteiger partial charge in [0.15, 0.2) is 0 Å². The van der Waals surface area contributed by atoms with Crippen LogP contribution in [-0.2, 0) is 6.67 Å². The zero-order valence-electron chi connectivity index (χ0n) is 11.2. The van der Waals surface area contributed by atoms with E-state index in [-0.39, 0.29) is 17.7 Å². The van der Waals surface area contributed by atoms with Crippen molar-refractivity contribution in [2.75, 3.05) is 6.61 Å². The van der Waals surface area contributed by atoms with Gasteiger partial charge in [0, 0.05) is 11.5 Å². The van der Waals surface area contributed by atoms with Gasteiger partial charge in [0.05, 0.1) is 6.61 Å².